The SMILES string of the molecule is CCCCCC(=O)N[C@@H](NC(=S)Nc1ccccc1C(=O)[O-])C(Cl)(Cl)Cl. The number of carbonyl (C=O) groups excluding carboxylic acids is 2. The van der Waals surface area contributed by atoms with Gasteiger partial charge in [0.2, 0.25) is 9.70 Å². The standard InChI is InChI=1S/C16H20Cl3N3O3S/c1-2-3-4-9-12(23)21-14(16(17,18)19)22-15(26)20-11-8-6-5-7-10(11)13(24)25/h5-8,14H,2-4,9H2,1H3,(H,21,23)(H,24,25)(H2,20,22,26)/p-1/t14-/m0/s1. The first kappa shape index (κ1) is 22.8. The maximum absolute atomic E-state index is 12.0. The van der Waals surface area contributed by atoms with Crippen molar-refractivity contribution in [3.8, 4) is 0 Å². The lowest BCUT2D eigenvalue weighted by molar-refractivity contribution is -0.254. The van der Waals surface area contributed by atoms with Crippen LogP contribution in [0.25, 0.3) is 0 Å². The van der Waals surface area contributed by atoms with E-state index in [4.69, 9.17) is 47.0 Å². The molecule has 0 aliphatic rings. The summed E-state index contributed by atoms with van der Waals surface area (Å²) >= 11 is 22.8. The third kappa shape index (κ3) is 7.95. The van der Waals surface area contributed by atoms with Gasteiger partial charge in [-0.3, -0.25) is 4.79 Å². The number of carboxylic acids is 1. The van der Waals surface area contributed by atoms with Crippen LogP contribution < -0.4 is 21.1 Å². The van der Waals surface area contributed by atoms with Crippen LogP contribution in [0.3, 0.4) is 0 Å². The van der Waals surface area contributed by atoms with Crippen molar-refractivity contribution in [2.75, 3.05) is 5.32 Å². The number of nitrogens with one attached hydrogen (secondary N) is 3. The van der Waals surface area contributed by atoms with Gasteiger partial charge in [0.1, 0.15) is 6.17 Å². The molecule has 1 atom stereocenters. The summed E-state index contributed by atoms with van der Waals surface area (Å²) in [5.41, 5.74) is 0.132. The zero-order chi connectivity index (χ0) is 19.7. The van der Waals surface area contributed by atoms with E-state index in [-0.39, 0.29) is 22.3 Å². The Balaban J connectivity index is 2.75. The average Bonchev–Trinajstić information content (AvgIpc) is 2.54. The van der Waals surface area contributed by atoms with Crippen LogP contribution in [0.1, 0.15) is 43.0 Å². The monoisotopic (exact) mass is 438 g/mol. The van der Waals surface area contributed by atoms with Gasteiger partial charge in [-0.15, -0.1) is 0 Å². The van der Waals surface area contributed by atoms with Gasteiger partial charge in [0.15, 0.2) is 5.11 Å². The number of benzene rings is 1. The molecule has 144 valence electrons. The largest absolute Gasteiger partial charge is 0.545 e. The maximum Gasteiger partial charge on any atom is 0.228 e. The first-order valence-corrected chi connectivity index (χ1v) is 9.43. The van der Waals surface area contributed by atoms with Crippen molar-refractivity contribution in [3.63, 3.8) is 0 Å². The smallest absolute Gasteiger partial charge is 0.228 e. The molecule has 1 rings (SSSR count). The molecule has 0 fully saturated rings. The highest BCUT2D eigenvalue weighted by molar-refractivity contribution is 7.80. The van der Waals surface area contributed by atoms with Gasteiger partial charge in [-0.2, -0.15) is 0 Å². The number of halogens is 3. The van der Waals surface area contributed by atoms with Gasteiger partial charge < -0.3 is 25.9 Å². The highest BCUT2D eigenvalue weighted by Crippen LogP contribution is 2.29. The highest BCUT2D eigenvalue weighted by Gasteiger charge is 2.34. The molecule has 0 saturated heterocycles. The Morgan fingerprint density at radius 1 is 1.19 bits per heavy atom. The summed E-state index contributed by atoms with van der Waals surface area (Å²) in [6, 6.07) is 6.04. The van der Waals surface area contributed by atoms with Gasteiger partial charge in [-0.25, -0.2) is 0 Å². The Morgan fingerprint density at radius 2 is 1.85 bits per heavy atom. The van der Waals surface area contributed by atoms with Gasteiger partial charge >= 0.3 is 0 Å². The zero-order valence-corrected chi connectivity index (χ0v) is 17.1. The first-order chi connectivity index (χ1) is 12.1. The Labute approximate surface area is 172 Å². The predicted molar refractivity (Wildman–Crippen MR) is 106 cm³/mol. The molecule has 0 spiro atoms. The van der Waals surface area contributed by atoms with Crippen LogP contribution in [0.4, 0.5) is 5.69 Å². The van der Waals surface area contributed by atoms with Gasteiger partial charge in [0, 0.05) is 17.7 Å². The lowest BCUT2D eigenvalue weighted by atomic mass is 10.2. The number of aromatic carboxylic acids is 1. The third-order valence-electron chi connectivity index (χ3n) is 3.31. The van der Waals surface area contributed by atoms with Crippen molar-refractivity contribution in [3.05, 3.63) is 29.8 Å². The number of anilines is 1. The van der Waals surface area contributed by atoms with Crippen LogP contribution in [0.15, 0.2) is 24.3 Å². The molecule has 0 radical (unpaired) electrons. The summed E-state index contributed by atoms with van der Waals surface area (Å²) in [6.45, 7) is 2.03. The summed E-state index contributed by atoms with van der Waals surface area (Å²) in [6.07, 6.45) is 1.80. The minimum atomic E-state index is -1.87. The van der Waals surface area contributed by atoms with Gasteiger partial charge in [-0.1, -0.05) is 72.8 Å². The van der Waals surface area contributed by atoms with E-state index in [1.807, 2.05) is 6.92 Å². The second kappa shape index (κ2) is 10.8. The Hall–Kier alpha value is -1.28. The number of para-hydroxylation sites is 1. The van der Waals surface area contributed by atoms with E-state index in [1.54, 1.807) is 12.1 Å². The normalized spacial score (nSPS) is 12.2. The third-order valence-corrected chi connectivity index (χ3v) is 4.19. The van der Waals surface area contributed by atoms with E-state index in [9.17, 15) is 14.7 Å². The topological polar surface area (TPSA) is 93.3 Å². The van der Waals surface area contributed by atoms with E-state index in [0.717, 1.165) is 19.3 Å². The molecule has 1 aromatic carbocycles. The van der Waals surface area contributed by atoms with Crippen molar-refractivity contribution >= 4 is 69.7 Å². The summed E-state index contributed by atoms with van der Waals surface area (Å²) in [4.78, 5) is 23.1. The fraction of sp³-hybridized carbons (Fsp3) is 0.438. The van der Waals surface area contributed by atoms with Crippen LogP contribution in [-0.4, -0.2) is 26.9 Å². The summed E-state index contributed by atoms with van der Waals surface area (Å²) < 4.78 is -1.87. The fourth-order valence-corrected chi connectivity index (χ4v) is 2.58. The molecule has 0 saturated carbocycles. The molecular formula is C16H19Cl3N3O3S-. The van der Waals surface area contributed by atoms with Crippen molar-refractivity contribution in [1.82, 2.24) is 10.6 Å². The van der Waals surface area contributed by atoms with Crippen LogP contribution >= 0.6 is 47.0 Å². The lowest BCUT2D eigenvalue weighted by Crippen LogP contribution is -2.56. The number of unbranched alkanes of at least 4 members (excludes halogenated alkanes) is 2. The number of amides is 1. The number of thiocarbonyl (C=S) groups is 1. The molecule has 10 heteroatoms. The molecule has 0 aliphatic heterocycles. The van der Waals surface area contributed by atoms with Crippen molar-refractivity contribution in [2.45, 2.75) is 42.6 Å². The van der Waals surface area contributed by atoms with Crippen LogP contribution in [0.2, 0.25) is 0 Å². The Morgan fingerprint density at radius 3 is 2.42 bits per heavy atom. The minimum Gasteiger partial charge on any atom is -0.545 e. The molecular weight excluding hydrogens is 421 g/mol. The maximum atomic E-state index is 12.0. The predicted octanol–water partition coefficient (Wildman–Crippen LogP) is 2.73. The van der Waals surface area contributed by atoms with E-state index in [1.165, 1.54) is 12.1 Å². The quantitative estimate of drug-likeness (QED) is 0.250. The molecule has 6 nitrogen and oxygen atoms in total. The first-order valence-electron chi connectivity index (χ1n) is 7.89. The van der Waals surface area contributed by atoms with E-state index >= 15 is 0 Å². The second-order valence-corrected chi connectivity index (χ2v) is 8.21. The second-order valence-electron chi connectivity index (χ2n) is 5.43. The van der Waals surface area contributed by atoms with Gasteiger partial charge in [0.25, 0.3) is 0 Å². The number of alkyl halides is 3. The number of carbonyl (C=O) groups is 2. The van der Waals surface area contributed by atoms with E-state index < -0.39 is 15.9 Å². The van der Waals surface area contributed by atoms with Crippen molar-refractivity contribution in [2.24, 2.45) is 0 Å². The van der Waals surface area contributed by atoms with Gasteiger partial charge in [0.05, 0.1) is 5.97 Å². The molecule has 3 N–H and O–H groups in total. The Kier molecular flexibility index (Phi) is 9.43. The van der Waals surface area contributed by atoms with Crippen LogP contribution in [-0.2, 0) is 4.79 Å². The molecule has 0 bridgehead atoms. The number of rotatable bonds is 8. The zero-order valence-electron chi connectivity index (χ0n) is 14.0. The fourth-order valence-electron chi connectivity index (χ4n) is 2.03. The van der Waals surface area contributed by atoms with Gasteiger partial charge in [-0.05, 0) is 24.7 Å². The molecule has 1 amide bonds. The molecule has 0 aliphatic carbocycles. The van der Waals surface area contributed by atoms with E-state index in [2.05, 4.69) is 16.0 Å². The summed E-state index contributed by atoms with van der Waals surface area (Å²) in [5, 5.41) is 19.0. The Bertz CT molecular complexity index is 653. The van der Waals surface area contributed by atoms with Crippen LogP contribution in [0.5, 0.6) is 0 Å². The number of hydrogen-bond donors (Lipinski definition) is 3. The molecule has 1 aromatic rings. The number of carboxylic acid groups (broad SMARTS) is 1. The van der Waals surface area contributed by atoms with Crippen LogP contribution in [0, 0.1) is 0 Å². The average molecular weight is 440 g/mol. The van der Waals surface area contributed by atoms with Crippen molar-refractivity contribution < 1.29 is 14.7 Å². The summed E-state index contributed by atoms with van der Waals surface area (Å²) in [7, 11) is 0. The minimum absolute atomic E-state index is 0.0242. The highest BCUT2D eigenvalue weighted by atomic mass is 35.6. The molecule has 0 aromatic heterocycles. The number of hydrogen-bond acceptors (Lipinski definition) is 4. The van der Waals surface area contributed by atoms with E-state index in [0.29, 0.717) is 6.42 Å². The lowest BCUT2D eigenvalue weighted by Gasteiger charge is -2.28. The van der Waals surface area contributed by atoms with Crippen molar-refractivity contribution in [1.29, 1.82) is 0 Å². The molecule has 0 heterocycles. The molecule has 0 unspecified atom stereocenters. The molecule has 26 heavy (non-hydrogen) atoms. The summed E-state index contributed by atoms with van der Waals surface area (Å²) in [5.74, 6) is -1.65.